The molecule has 0 aromatic carbocycles. The first-order valence-electron chi connectivity index (χ1n) is 9.53. The summed E-state index contributed by atoms with van der Waals surface area (Å²) in [7, 11) is 0. The van der Waals surface area contributed by atoms with Crippen molar-refractivity contribution in [1.29, 1.82) is 0 Å². The van der Waals surface area contributed by atoms with E-state index < -0.39 is 0 Å². The van der Waals surface area contributed by atoms with Crippen LogP contribution in [0.25, 0.3) is 0 Å². The maximum Gasteiger partial charge on any atom is 0.317 e. The number of piperidine rings is 1. The van der Waals surface area contributed by atoms with Gasteiger partial charge in [0, 0.05) is 38.6 Å². The average Bonchev–Trinajstić information content (AvgIpc) is 3.29. The third-order valence-electron chi connectivity index (χ3n) is 6.63. The number of likely N-dealkylation sites (tertiary alicyclic amines) is 2. The fourth-order valence-corrected chi connectivity index (χ4v) is 5.41. The lowest BCUT2D eigenvalue weighted by molar-refractivity contribution is -0.130. The molecule has 0 unspecified atom stereocenters. The Morgan fingerprint density at radius 3 is 2.74 bits per heavy atom. The number of nitrogens with zero attached hydrogens (tertiary/aromatic N) is 2. The maximum absolute atomic E-state index is 12.5. The maximum atomic E-state index is 12.5. The first-order chi connectivity index (χ1) is 11.2. The van der Waals surface area contributed by atoms with Gasteiger partial charge < -0.3 is 15.1 Å². The molecule has 3 amide bonds. The number of amides is 3. The molecule has 2 bridgehead atoms. The van der Waals surface area contributed by atoms with Gasteiger partial charge in [0.25, 0.3) is 0 Å². The standard InChI is InChI=1S/C18H29N3O2/c22-17-4-2-8-21(17)16-3-1-7-20(12-16)18(23)19-11-15-10-13-5-6-14(15)9-13/h13-16H,1-12H2,(H,19,23)/t13-,14-,15+,16-/m0/s1. The summed E-state index contributed by atoms with van der Waals surface area (Å²) >= 11 is 0. The van der Waals surface area contributed by atoms with Crippen LogP contribution in [0.1, 0.15) is 51.4 Å². The molecule has 5 heteroatoms. The van der Waals surface area contributed by atoms with Gasteiger partial charge in [-0.2, -0.15) is 0 Å². The quantitative estimate of drug-likeness (QED) is 0.867. The molecular weight excluding hydrogens is 290 g/mol. The van der Waals surface area contributed by atoms with E-state index in [-0.39, 0.29) is 18.0 Å². The van der Waals surface area contributed by atoms with Crippen LogP contribution in [-0.2, 0) is 4.79 Å². The first-order valence-corrected chi connectivity index (χ1v) is 9.53. The number of carbonyl (C=O) groups is 2. The highest BCUT2D eigenvalue weighted by atomic mass is 16.2. The van der Waals surface area contributed by atoms with Crippen LogP contribution in [0.15, 0.2) is 0 Å². The number of rotatable bonds is 3. The van der Waals surface area contributed by atoms with Crippen molar-refractivity contribution < 1.29 is 9.59 Å². The topological polar surface area (TPSA) is 52.7 Å². The lowest BCUT2D eigenvalue weighted by atomic mass is 9.89. The zero-order chi connectivity index (χ0) is 15.8. The van der Waals surface area contributed by atoms with Gasteiger partial charge in [0.15, 0.2) is 0 Å². The van der Waals surface area contributed by atoms with E-state index in [0.29, 0.717) is 18.9 Å². The molecule has 4 rings (SSSR count). The molecule has 0 spiro atoms. The van der Waals surface area contributed by atoms with Gasteiger partial charge in [0.05, 0.1) is 0 Å². The summed E-state index contributed by atoms with van der Waals surface area (Å²) in [5, 5.41) is 3.19. The Morgan fingerprint density at radius 1 is 1.13 bits per heavy atom. The van der Waals surface area contributed by atoms with Crippen LogP contribution in [0.3, 0.4) is 0 Å². The van der Waals surface area contributed by atoms with E-state index in [1.54, 1.807) is 0 Å². The minimum Gasteiger partial charge on any atom is -0.338 e. The van der Waals surface area contributed by atoms with Gasteiger partial charge in [0.2, 0.25) is 5.91 Å². The number of nitrogens with one attached hydrogen (secondary N) is 1. The summed E-state index contributed by atoms with van der Waals surface area (Å²) in [6, 6.07) is 0.330. The minimum atomic E-state index is 0.0871. The van der Waals surface area contributed by atoms with E-state index in [1.165, 1.54) is 25.7 Å². The molecule has 2 heterocycles. The lowest BCUT2D eigenvalue weighted by Crippen LogP contribution is -2.53. The summed E-state index contributed by atoms with van der Waals surface area (Å²) < 4.78 is 0. The molecule has 0 aromatic rings. The minimum absolute atomic E-state index is 0.0871. The van der Waals surface area contributed by atoms with Crippen molar-refractivity contribution in [3.63, 3.8) is 0 Å². The van der Waals surface area contributed by atoms with Crippen molar-refractivity contribution in [1.82, 2.24) is 15.1 Å². The van der Waals surface area contributed by atoms with Crippen molar-refractivity contribution in [3.05, 3.63) is 0 Å². The van der Waals surface area contributed by atoms with Crippen LogP contribution >= 0.6 is 0 Å². The van der Waals surface area contributed by atoms with Gasteiger partial charge in [-0.25, -0.2) is 4.79 Å². The number of carbonyl (C=O) groups excluding carboxylic acids is 2. The second-order valence-corrected chi connectivity index (χ2v) is 8.05. The second-order valence-electron chi connectivity index (χ2n) is 8.05. The van der Waals surface area contributed by atoms with Crippen molar-refractivity contribution in [2.75, 3.05) is 26.2 Å². The van der Waals surface area contributed by atoms with E-state index >= 15 is 0 Å². The molecule has 4 aliphatic rings. The van der Waals surface area contributed by atoms with Crippen LogP contribution in [0.2, 0.25) is 0 Å². The molecule has 4 fully saturated rings. The number of urea groups is 1. The highest BCUT2D eigenvalue weighted by Gasteiger charge is 2.39. The summed E-state index contributed by atoms with van der Waals surface area (Å²) in [6.07, 6.45) is 9.21. The Morgan fingerprint density at radius 2 is 2.04 bits per heavy atom. The molecular formula is C18H29N3O2. The Balaban J connectivity index is 1.27. The van der Waals surface area contributed by atoms with E-state index in [0.717, 1.165) is 50.7 Å². The smallest absolute Gasteiger partial charge is 0.317 e. The molecule has 2 aliphatic carbocycles. The summed E-state index contributed by atoms with van der Waals surface area (Å²) in [5.41, 5.74) is 0. The Bertz CT molecular complexity index is 481. The summed E-state index contributed by atoms with van der Waals surface area (Å²) in [4.78, 5) is 28.4. The molecule has 2 aliphatic heterocycles. The van der Waals surface area contributed by atoms with Crippen LogP contribution < -0.4 is 5.32 Å². The van der Waals surface area contributed by atoms with Crippen LogP contribution in [0.5, 0.6) is 0 Å². The summed E-state index contributed by atoms with van der Waals surface area (Å²) in [5.74, 6) is 2.77. The summed E-state index contributed by atoms with van der Waals surface area (Å²) in [6.45, 7) is 3.28. The van der Waals surface area contributed by atoms with Gasteiger partial charge in [-0.15, -0.1) is 0 Å². The monoisotopic (exact) mass is 319 g/mol. The predicted molar refractivity (Wildman–Crippen MR) is 87.9 cm³/mol. The lowest BCUT2D eigenvalue weighted by Gasteiger charge is -2.37. The third-order valence-corrected chi connectivity index (χ3v) is 6.63. The number of fused-ring (bicyclic) bond motifs is 2. The highest BCUT2D eigenvalue weighted by molar-refractivity contribution is 5.79. The normalized spacial score (nSPS) is 36.8. The van der Waals surface area contributed by atoms with E-state index in [2.05, 4.69) is 5.32 Å². The van der Waals surface area contributed by atoms with Crippen LogP contribution in [0, 0.1) is 17.8 Å². The van der Waals surface area contributed by atoms with Gasteiger partial charge in [-0.1, -0.05) is 6.42 Å². The molecule has 4 atom stereocenters. The molecule has 5 nitrogen and oxygen atoms in total. The SMILES string of the molecule is O=C(NC[C@H]1C[C@H]2CC[C@H]1C2)N1CCC[C@H](N2CCCC2=O)C1. The van der Waals surface area contributed by atoms with Crippen LogP contribution in [0.4, 0.5) is 4.79 Å². The Kier molecular flexibility index (Phi) is 4.20. The van der Waals surface area contributed by atoms with E-state index in [4.69, 9.17) is 0 Å². The largest absolute Gasteiger partial charge is 0.338 e. The van der Waals surface area contributed by atoms with Gasteiger partial charge in [-0.05, 0) is 56.3 Å². The fraction of sp³-hybridized carbons (Fsp3) is 0.889. The molecule has 23 heavy (non-hydrogen) atoms. The molecule has 128 valence electrons. The third kappa shape index (κ3) is 3.07. The highest BCUT2D eigenvalue weighted by Crippen LogP contribution is 2.47. The molecule has 1 N–H and O–H groups in total. The zero-order valence-corrected chi connectivity index (χ0v) is 14.0. The van der Waals surface area contributed by atoms with Crippen molar-refractivity contribution >= 4 is 11.9 Å². The van der Waals surface area contributed by atoms with E-state index in [9.17, 15) is 9.59 Å². The van der Waals surface area contributed by atoms with Gasteiger partial charge in [-0.3, -0.25) is 4.79 Å². The van der Waals surface area contributed by atoms with Crippen molar-refractivity contribution in [2.45, 2.75) is 57.4 Å². The first kappa shape index (κ1) is 15.3. The number of hydrogen-bond acceptors (Lipinski definition) is 2. The Labute approximate surface area is 138 Å². The Hall–Kier alpha value is -1.26. The average molecular weight is 319 g/mol. The van der Waals surface area contributed by atoms with Gasteiger partial charge in [0.1, 0.15) is 0 Å². The molecule has 2 saturated carbocycles. The molecule has 0 radical (unpaired) electrons. The second kappa shape index (κ2) is 6.33. The predicted octanol–water partition coefficient (Wildman–Crippen LogP) is 2.22. The van der Waals surface area contributed by atoms with Crippen molar-refractivity contribution in [2.24, 2.45) is 17.8 Å². The van der Waals surface area contributed by atoms with Crippen molar-refractivity contribution in [3.8, 4) is 0 Å². The fourth-order valence-electron chi connectivity index (χ4n) is 5.41. The van der Waals surface area contributed by atoms with E-state index in [1.807, 2.05) is 9.80 Å². The zero-order valence-electron chi connectivity index (χ0n) is 14.0. The molecule has 0 aromatic heterocycles. The van der Waals surface area contributed by atoms with Crippen LogP contribution in [-0.4, -0.2) is 54.0 Å². The van der Waals surface area contributed by atoms with Gasteiger partial charge >= 0.3 is 6.03 Å². The molecule has 2 saturated heterocycles. The number of hydrogen-bond donors (Lipinski definition) is 1.